The summed E-state index contributed by atoms with van der Waals surface area (Å²) in [6, 6.07) is -0.544. The van der Waals surface area contributed by atoms with Crippen LogP contribution in [0.2, 0.25) is 0 Å². The van der Waals surface area contributed by atoms with Crippen molar-refractivity contribution in [2.24, 2.45) is 0 Å². The number of hydrogen-bond acceptors (Lipinski definition) is 5. The summed E-state index contributed by atoms with van der Waals surface area (Å²) in [7, 11) is 0. The van der Waals surface area contributed by atoms with Crippen LogP contribution >= 0.6 is 0 Å². The minimum absolute atomic E-state index is 0.00654. The van der Waals surface area contributed by atoms with Gasteiger partial charge in [-0.2, -0.15) is 0 Å². The first-order valence-electron chi connectivity index (χ1n) is 41.4. The lowest BCUT2D eigenvalue weighted by atomic mass is 10.0. The molecule has 0 aliphatic heterocycles. The number of esters is 1. The van der Waals surface area contributed by atoms with Gasteiger partial charge in [0.1, 0.15) is 0 Å². The maximum absolute atomic E-state index is 12.6. The van der Waals surface area contributed by atoms with Gasteiger partial charge in [-0.25, -0.2) is 0 Å². The largest absolute Gasteiger partial charge is 0.466 e. The highest BCUT2D eigenvalue weighted by molar-refractivity contribution is 5.76. The van der Waals surface area contributed by atoms with E-state index in [0.29, 0.717) is 25.9 Å². The van der Waals surface area contributed by atoms with Crippen LogP contribution in [-0.4, -0.2) is 47.4 Å². The Morgan fingerprint density at radius 2 is 0.549 bits per heavy atom. The smallest absolute Gasteiger partial charge is 0.305 e. The van der Waals surface area contributed by atoms with Crippen molar-refractivity contribution in [3.8, 4) is 0 Å². The molecule has 0 saturated heterocycles. The molecule has 2 unspecified atom stereocenters. The van der Waals surface area contributed by atoms with Gasteiger partial charge in [0.15, 0.2) is 0 Å². The zero-order valence-electron chi connectivity index (χ0n) is 61.6. The first-order valence-corrected chi connectivity index (χ1v) is 41.4. The molecule has 0 spiro atoms. The van der Waals surface area contributed by atoms with Crippen LogP contribution in [0.3, 0.4) is 0 Å². The molecular formula is C85H161NO5. The van der Waals surface area contributed by atoms with Gasteiger partial charge in [0.25, 0.3) is 0 Å². The van der Waals surface area contributed by atoms with Crippen molar-refractivity contribution in [1.29, 1.82) is 0 Å². The van der Waals surface area contributed by atoms with E-state index in [1.54, 1.807) is 0 Å². The first kappa shape index (κ1) is 88.8. The minimum atomic E-state index is -0.666. The minimum Gasteiger partial charge on any atom is -0.466 e. The summed E-state index contributed by atoms with van der Waals surface area (Å²) in [5, 5.41) is 23.5. The third-order valence-electron chi connectivity index (χ3n) is 19.4. The molecule has 3 N–H and O–H groups in total. The van der Waals surface area contributed by atoms with Gasteiger partial charge in [-0.15, -0.1) is 0 Å². The van der Waals surface area contributed by atoms with Crippen molar-refractivity contribution >= 4 is 11.9 Å². The number of unbranched alkanes of at least 4 members (excludes halogenated alkanes) is 59. The van der Waals surface area contributed by atoms with Gasteiger partial charge in [-0.05, 0) is 89.9 Å². The second-order valence-electron chi connectivity index (χ2n) is 28.5. The van der Waals surface area contributed by atoms with Crippen LogP contribution in [0, 0.1) is 0 Å². The van der Waals surface area contributed by atoms with Crippen LogP contribution in [0.25, 0.3) is 0 Å². The average Bonchev–Trinajstić information content (AvgIpc) is 3.65. The number of allylic oxidation sites excluding steroid dienone is 8. The lowest BCUT2D eigenvalue weighted by Crippen LogP contribution is -2.45. The first-order chi connectivity index (χ1) is 45.0. The number of amides is 1. The van der Waals surface area contributed by atoms with Crippen molar-refractivity contribution in [1.82, 2.24) is 5.32 Å². The van der Waals surface area contributed by atoms with Crippen LogP contribution < -0.4 is 5.32 Å². The van der Waals surface area contributed by atoms with Gasteiger partial charge >= 0.3 is 5.97 Å². The highest BCUT2D eigenvalue weighted by atomic mass is 16.5. The average molecular weight is 1280 g/mol. The second kappa shape index (κ2) is 80.3. The third kappa shape index (κ3) is 76.7. The van der Waals surface area contributed by atoms with Crippen molar-refractivity contribution in [2.45, 2.75) is 469 Å². The van der Waals surface area contributed by atoms with Crippen molar-refractivity contribution in [2.75, 3.05) is 13.2 Å². The number of carbonyl (C=O) groups excluding carboxylic acids is 2. The number of nitrogens with one attached hydrogen (secondary N) is 1. The topological polar surface area (TPSA) is 95.9 Å². The molecule has 2 atom stereocenters. The molecule has 0 rings (SSSR count). The van der Waals surface area contributed by atoms with Crippen molar-refractivity contribution in [3.63, 3.8) is 0 Å². The highest BCUT2D eigenvalue weighted by Gasteiger charge is 2.20. The maximum atomic E-state index is 12.6. The van der Waals surface area contributed by atoms with Gasteiger partial charge in [-0.3, -0.25) is 9.59 Å². The SMILES string of the molecule is CCCCCC/C=C\C/C=C\CCCCCCCCCC(=O)OCCCCCCCCCCC/C=C\C/C=C\CCCCCCCCCCCCCCCCCC(=O)NC(CO)C(O)CCCCCCCCCCCCCCCCCCCCCCCCCCC. The Balaban J connectivity index is 3.39. The molecule has 1 amide bonds. The molecule has 0 heterocycles. The Bertz CT molecular complexity index is 1520. The molecule has 536 valence electrons. The third-order valence-corrected chi connectivity index (χ3v) is 19.4. The lowest BCUT2D eigenvalue weighted by Gasteiger charge is -2.22. The summed E-state index contributed by atoms with van der Waals surface area (Å²) in [5.74, 6) is -0.0225. The standard InChI is InChI=1S/C85H161NO5/c1-3-5-7-9-11-13-15-17-19-21-23-24-25-33-36-39-42-45-49-53-57-61-65-69-73-77-83(88)82(81-87)86-84(89)78-74-70-66-62-58-54-50-46-43-40-37-34-31-29-27-26-28-30-32-35-38-41-44-48-52-56-60-64-68-72-76-80-91-85(90)79-75-71-67-63-59-55-51-47-22-20-18-16-14-12-10-8-6-4-2/h14,16,20,22,28,30,35,38,82-83,87-88H,3-13,15,17-19,21,23-27,29,31-34,36-37,39-81H2,1-2H3,(H,86,89)/b16-14-,22-20-,30-28-,38-35-. The Labute approximate surface area is 569 Å². The van der Waals surface area contributed by atoms with Crippen LogP contribution in [0.15, 0.2) is 48.6 Å². The van der Waals surface area contributed by atoms with E-state index in [9.17, 15) is 19.8 Å². The van der Waals surface area contributed by atoms with Crippen LogP contribution in [0.5, 0.6) is 0 Å². The monoisotopic (exact) mass is 1280 g/mol. The van der Waals surface area contributed by atoms with Gasteiger partial charge in [0.2, 0.25) is 5.91 Å². The molecule has 6 heteroatoms. The predicted octanol–water partition coefficient (Wildman–Crippen LogP) is 27.5. The van der Waals surface area contributed by atoms with E-state index in [-0.39, 0.29) is 18.5 Å². The molecule has 0 saturated carbocycles. The van der Waals surface area contributed by atoms with Gasteiger partial charge < -0.3 is 20.3 Å². The summed E-state index contributed by atoms with van der Waals surface area (Å²) in [4.78, 5) is 24.7. The fourth-order valence-electron chi connectivity index (χ4n) is 13.1. The molecule has 0 aromatic heterocycles. The summed E-state index contributed by atoms with van der Waals surface area (Å²) in [5.41, 5.74) is 0. The maximum Gasteiger partial charge on any atom is 0.305 e. The molecule has 0 bridgehead atoms. The lowest BCUT2D eigenvalue weighted by molar-refractivity contribution is -0.143. The van der Waals surface area contributed by atoms with Crippen molar-refractivity contribution in [3.05, 3.63) is 48.6 Å². The normalized spacial score (nSPS) is 12.7. The molecule has 0 aliphatic rings. The molecule has 0 aromatic carbocycles. The summed E-state index contributed by atoms with van der Waals surface area (Å²) in [6.07, 6.45) is 106. The van der Waals surface area contributed by atoms with Crippen LogP contribution in [0.4, 0.5) is 0 Å². The molecule has 0 fully saturated rings. The Morgan fingerprint density at radius 3 is 0.846 bits per heavy atom. The zero-order valence-corrected chi connectivity index (χ0v) is 61.6. The quantitative estimate of drug-likeness (QED) is 0.0320. The van der Waals surface area contributed by atoms with Crippen LogP contribution in [0.1, 0.15) is 457 Å². The van der Waals surface area contributed by atoms with E-state index >= 15 is 0 Å². The number of ether oxygens (including phenoxy) is 1. The fourth-order valence-corrected chi connectivity index (χ4v) is 13.1. The number of aliphatic hydroxyl groups excluding tert-OH is 2. The predicted molar refractivity (Wildman–Crippen MR) is 402 cm³/mol. The number of aliphatic hydroxyl groups is 2. The van der Waals surface area contributed by atoms with E-state index in [1.165, 1.54) is 366 Å². The molecular weight excluding hydrogens is 1110 g/mol. The fraction of sp³-hybridized carbons (Fsp3) is 0.882. The Kier molecular flexibility index (Phi) is 78.3. The van der Waals surface area contributed by atoms with Gasteiger partial charge in [0.05, 0.1) is 25.4 Å². The Morgan fingerprint density at radius 1 is 0.308 bits per heavy atom. The van der Waals surface area contributed by atoms with E-state index in [2.05, 4.69) is 67.8 Å². The molecule has 0 radical (unpaired) electrons. The molecule has 0 aliphatic carbocycles. The van der Waals surface area contributed by atoms with Crippen molar-refractivity contribution < 1.29 is 24.5 Å². The van der Waals surface area contributed by atoms with Crippen LogP contribution in [-0.2, 0) is 14.3 Å². The Hall–Kier alpha value is -2.18. The van der Waals surface area contributed by atoms with E-state index < -0.39 is 12.1 Å². The second-order valence-corrected chi connectivity index (χ2v) is 28.5. The van der Waals surface area contributed by atoms with E-state index in [1.807, 2.05) is 0 Å². The molecule has 0 aromatic rings. The molecule has 91 heavy (non-hydrogen) atoms. The summed E-state index contributed by atoms with van der Waals surface area (Å²) in [6.45, 7) is 4.98. The van der Waals surface area contributed by atoms with Gasteiger partial charge in [0, 0.05) is 12.8 Å². The van der Waals surface area contributed by atoms with E-state index in [4.69, 9.17) is 4.74 Å². The molecule has 6 nitrogen and oxygen atoms in total. The summed E-state index contributed by atoms with van der Waals surface area (Å²) < 4.78 is 5.50. The van der Waals surface area contributed by atoms with Gasteiger partial charge in [-0.1, -0.05) is 403 Å². The number of rotatable bonds is 78. The highest BCUT2D eigenvalue weighted by Crippen LogP contribution is 2.20. The number of carbonyl (C=O) groups is 2. The van der Waals surface area contributed by atoms with E-state index in [0.717, 1.165) is 57.8 Å². The zero-order chi connectivity index (χ0) is 65.6. The number of hydrogen-bond donors (Lipinski definition) is 3. The summed E-state index contributed by atoms with van der Waals surface area (Å²) >= 11 is 0.